The fourth-order valence-electron chi connectivity index (χ4n) is 3.92. The Labute approximate surface area is 211 Å². The van der Waals surface area contributed by atoms with Gasteiger partial charge in [-0.25, -0.2) is 4.98 Å². The van der Waals surface area contributed by atoms with E-state index in [1.807, 2.05) is 0 Å². The number of hydrogen-bond donors (Lipinski definition) is 3. The molecule has 11 heteroatoms. The number of benzene rings is 1. The summed E-state index contributed by atoms with van der Waals surface area (Å²) >= 11 is 12.8. The summed E-state index contributed by atoms with van der Waals surface area (Å²) in [5, 5.41) is 6.40. The van der Waals surface area contributed by atoms with E-state index in [2.05, 4.69) is 27.2 Å². The Hall–Kier alpha value is -3.27. The summed E-state index contributed by atoms with van der Waals surface area (Å²) in [6, 6.07) is 6.41. The zero-order chi connectivity index (χ0) is 25.1. The first-order chi connectivity index (χ1) is 16.9. The van der Waals surface area contributed by atoms with Gasteiger partial charge in [-0.2, -0.15) is 0 Å². The number of hydrogen-bond acceptors (Lipinski definition) is 7. The van der Waals surface area contributed by atoms with Crippen molar-refractivity contribution in [3.05, 3.63) is 58.2 Å². The number of fused-ring (bicyclic) bond motifs is 1. The van der Waals surface area contributed by atoms with Crippen molar-refractivity contribution in [3.63, 3.8) is 0 Å². The molecule has 0 radical (unpaired) electrons. The van der Waals surface area contributed by atoms with Gasteiger partial charge in [0.1, 0.15) is 17.3 Å². The summed E-state index contributed by atoms with van der Waals surface area (Å²) in [4.78, 5) is 32.8. The molecule has 2 atom stereocenters. The highest BCUT2D eigenvalue weighted by molar-refractivity contribution is 6.42. The van der Waals surface area contributed by atoms with Gasteiger partial charge in [0.05, 0.1) is 65.2 Å². The van der Waals surface area contributed by atoms with Crippen molar-refractivity contribution in [2.75, 3.05) is 32.8 Å². The Morgan fingerprint density at radius 1 is 1.17 bits per heavy atom. The lowest BCUT2D eigenvalue weighted by molar-refractivity contribution is -0.117. The number of anilines is 1. The molecule has 0 bridgehead atoms. The molecule has 0 spiro atoms. The smallest absolute Gasteiger partial charge is 0.243 e. The summed E-state index contributed by atoms with van der Waals surface area (Å²) < 4.78 is 16.1. The number of ketones is 1. The average Bonchev–Trinajstić information content (AvgIpc) is 3.29. The first kappa shape index (κ1) is 24.8. The molecule has 2 unspecified atom stereocenters. The van der Waals surface area contributed by atoms with Crippen LogP contribution in [0.2, 0.25) is 10.0 Å². The van der Waals surface area contributed by atoms with Crippen LogP contribution in [-0.2, 0) is 9.53 Å². The van der Waals surface area contributed by atoms with Crippen LogP contribution in [0.5, 0.6) is 11.5 Å². The molecular formula is C24H24Cl2N4O5. The number of amides is 1. The molecule has 184 valence electrons. The topological polar surface area (TPSA) is 115 Å². The maximum absolute atomic E-state index is 13.4. The standard InChI is InChI=1S/C24H24Cl2N4O5/c1-4-20(31)30-13-7-8-35-11-16(13)29-19-6-5-12-14(28-19)9-15(27-12)24(32)21-22(25)17(33-2)10-18(34-3)23(21)26/h4-6,9-10,13,16,27H,1,7-8,11H2,2-3H3,(H,28,29)(H,30,31). The number of rotatable bonds is 8. The van der Waals surface area contributed by atoms with Crippen LogP contribution >= 0.6 is 23.2 Å². The van der Waals surface area contributed by atoms with E-state index in [1.54, 1.807) is 18.2 Å². The van der Waals surface area contributed by atoms with Gasteiger partial charge in [0.25, 0.3) is 0 Å². The summed E-state index contributed by atoms with van der Waals surface area (Å²) in [6.07, 6.45) is 1.90. The van der Waals surface area contributed by atoms with Gasteiger partial charge in [0.2, 0.25) is 11.7 Å². The van der Waals surface area contributed by atoms with Gasteiger partial charge in [-0.05, 0) is 30.7 Å². The minimum atomic E-state index is -0.433. The van der Waals surface area contributed by atoms with Crippen LogP contribution in [0.1, 0.15) is 22.5 Å². The highest BCUT2D eigenvalue weighted by Gasteiger charge is 2.28. The molecule has 1 aromatic carbocycles. The van der Waals surface area contributed by atoms with Crippen molar-refractivity contribution < 1.29 is 23.8 Å². The Bertz CT molecular complexity index is 1260. The van der Waals surface area contributed by atoms with Gasteiger partial charge in [-0.3, -0.25) is 9.59 Å². The summed E-state index contributed by atoms with van der Waals surface area (Å²) in [7, 11) is 2.88. The van der Waals surface area contributed by atoms with Crippen LogP contribution in [-0.4, -0.2) is 61.2 Å². The summed E-state index contributed by atoms with van der Waals surface area (Å²) in [6.45, 7) is 4.46. The normalized spacial score (nSPS) is 17.6. The first-order valence-electron chi connectivity index (χ1n) is 10.8. The lowest BCUT2D eigenvalue weighted by atomic mass is 10.0. The molecule has 9 nitrogen and oxygen atoms in total. The lowest BCUT2D eigenvalue weighted by Gasteiger charge is -2.32. The highest BCUT2D eigenvalue weighted by Crippen LogP contribution is 2.41. The van der Waals surface area contributed by atoms with Gasteiger partial charge < -0.3 is 29.8 Å². The Morgan fingerprint density at radius 3 is 2.54 bits per heavy atom. The van der Waals surface area contributed by atoms with Crippen LogP contribution in [0.4, 0.5) is 5.82 Å². The minimum absolute atomic E-state index is 0.0644. The molecule has 3 heterocycles. The predicted molar refractivity (Wildman–Crippen MR) is 134 cm³/mol. The molecule has 4 rings (SSSR count). The largest absolute Gasteiger partial charge is 0.495 e. The van der Waals surface area contributed by atoms with Crippen molar-refractivity contribution in [3.8, 4) is 11.5 Å². The number of aromatic nitrogens is 2. The van der Waals surface area contributed by atoms with Crippen LogP contribution in [0.25, 0.3) is 11.0 Å². The second-order valence-electron chi connectivity index (χ2n) is 7.86. The van der Waals surface area contributed by atoms with E-state index in [9.17, 15) is 9.59 Å². The van der Waals surface area contributed by atoms with Gasteiger partial charge in [-0.1, -0.05) is 29.8 Å². The number of carbonyl (C=O) groups excluding carboxylic acids is 2. The fraction of sp³-hybridized carbons (Fsp3) is 0.292. The molecule has 1 aliphatic rings. The third-order valence-corrected chi connectivity index (χ3v) is 6.47. The van der Waals surface area contributed by atoms with Crippen molar-refractivity contribution in [2.24, 2.45) is 0 Å². The molecule has 1 saturated heterocycles. The number of pyridine rings is 1. The van der Waals surface area contributed by atoms with Gasteiger partial charge >= 0.3 is 0 Å². The number of aromatic amines is 1. The van der Waals surface area contributed by atoms with E-state index in [-0.39, 0.29) is 50.8 Å². The molecule has 1 aliphatic heterocycles. The summed E-state index contributed by atoms with van der Waals surface area (Å²) in [5.74, 6) is 0.433. The molecule has 35 heavy (non-hydrogen) atoms. The maximum Gasteiger partial charge on any atom is 0.243 e. The molecule has 3 N–H and O–H groups in total. The molecule has 1 amide bonds. The Kier molecular flexibility index (Phi) is 7.49. The molecular weight excluding hydrogens is 495 g/mol. The third kappa shape index (κ3) is 5.07. The second-order valence-corrected chi connectivity index (χ2v) is 8.62. The SMILES string of the molecule is C=CC(=O)NC1CCOCC1Nc1ccc2[nH]c(C(=O)c3c(Cl)c(OC)cc(OC)c3Cl)cc2n1. The average molecular weight is 519 g/mol. The number of ether oxygens (including phenoxy) is 3. The number of nitrogens with zero attached hydrogens (tertiary/aromatic N) is 1. The number of nitrogens with one attached hydrogen (secondary N) is 3. The zero-order valence-electron chi connectivity index (χ0n) is 19.1. The van der Waals surface area contributed by atoms with Gasteiger partial charge in [0.15, 0.2) is 0 Å². The molecule has 2 aromatic heterocycles. The van der Waals surface area contributed by atoms with Gasteiger partial charge in [0, 0.05) is 12.7 Å². The Balaban J connectivity index is 1.62. The van der Waals surface area contributed by atoms with Crippen molar-refractivity contribution in [1.29, 1.82) is 0 Å². The minimum Gasteiger partial charge on any atom is -0.495 e. The molecule has 1 fully saturated rings. The van der Waals surface area contributed by atoms with E-state index in [1.165, 1.54) is 26.4 Å². The van der Waals surface area contributed by atoms with E-state index < -0.39 is 5.78 Å². The van der Waals surface area contributed by atoms with Crippen molar-refractivity contribution >= 4 is 51.7 Å². The molecule has 0 aliphatic carbocycles. The molecule has 0 saturated carbocycles. The number of methoxy groups -OCH3 is 2. The van der Waals surface area contributed by atoms with E-state index >= 15 is 0 Å². The van der Waals surface area contributed by atoms with Crippen LogP contribution in [0.3, 0.4) is 0 Å². The monoisotopic (exact) mass is 518 g/mol. The molecule has 3 aromatic rings. The highest BCUT2D eigenvalue weighted by atomic mass is 35.5. The third-order valence-electron chi connectivity index (χ3n) is 5.72. The quantitative estimate of drug-likeness (QED) is 0.305. The summed E-state index contributed by atoms with van der Waals surface area (Å²) in [5.41, 5.74) is 1.52. The number of H-pyrrole nitrogens is 1. The van der Waals surface area contributed by atoms with E-state index in [0.717, 1.165) is 0 Å². The fourth-order valence-corrected chi connectivity index (χ4v) is 4.59. The lowest BCUT2D eigenvalue weighted by Crippen LogP contribution is -2.52. The van der Waals surface area contributed by atoms with Crippen molar-refractivity contribution in [2.45, 2.75) is 18.5 Å². The second kappa shape index (κ2) is 10.6. The Morgan fingerprint density at radius 2 is 1.89 bits per heavy atom. The number of carbonyl (C=O) groups is 2. The van der Waals surface area contributed by atoms with Crippen molar-refractivity contribution in [1.82, 2.24) is 15.3 Å². The van der Waals surface area contributed by atoms with Crippen LogP contribution in [0, 0.1) is 0 Å². The van der Waals surface area contributed by atoms with Gasteiger partial charge in [-0.15, -0.1) is 0 Å². The van der Waals surface area contributed by atoms with Crippen LogP contribution < -0.4 is 20.1 Å². The van der Waals surface area contributed by atoms with E-state index in [4.69, 9.17) is 37.4 Å². The zero-order valence-corrected chi connectivity index (χ0v) is 20.6. The number of halogens is 2. The first-order valence-corrected chi connectivity index (χ1v) is 11.5. The maximum atomic E-state index is 13.4. The van der Waals surface area contributed by atoms with Crippen LogP contribution in [0.15, 0.2) is 36.9 Å². The van der Waals surface area contributed by atoms with E-state index in [0.29, 0.717) is 36.5 Å². The predicted octanol–water partition coefficient (Wildman–Crippen LogP) is 3.99.